The highest BCUT2D eigenvalue weighted by Gasteiger charge is 2.50. The molecular formula is C28H43BO2Si. The SMILES string of the molecule is CC1(C)OB(/C=C(\C=C(\C2CCCC2)[Si](C)(C)c2ccccc2)C2CCCC2)OC1(C)C. The van der Waals surface area contributed by atoms with Gasteiger partial charge in [-0.2, -0.15) is 0 Å². The Kier molecular flexibility index (Phi) is 6.97. The molecule has 4 rings (SSSR count). The van der Waals surface area contributed by atoms with E-state index in [2.05, 4.69) is 83.2 Å². The van der Waals surface area contributed by atoms with Crippen LogP contribution in [0, 0.1) is 11.8 Å². The first-order valence-electron chi connectivity index (χ1n) is 13.0. The Bertz CT molecular complexity index is 827. The van der Waals surface area contributed by atoms with Gasteiger partial charge < -0.3 is 9.31 Å². The van der Waals surface area contributed by atoms with Crippen molar-refractivity contribution in [3.05, 3.63) is 53.2 Å². The normalized spacial score (nSPS) is 25.1. The molecule has 174 valence electrons. The molecule has 0 atom stereocenters. The van der Waals surface area contributed by atoms with Gasteiger partial charge in [-0.1, -0.05) is 97.1 Å². The molecule has 0 N–H and O–H groups in total. The number of hydrogen-bond donors (Lipinski definition) is 0. The van der Waals surface area contributed by atoms with Gasteiger partial charge in [0.25, 0.3) is 0 Å². The molecule has 4 heteroatoms. The fraction of sp³-hybridized carbons (Fsp3) is 0.643. The molecule has 0 spiro atoms. The lowest BCUT2D eigenvalue weighted by molar-refractivity contribution is 0.00578. The van der Waals surface area contributed by atoms with Crippen molar-refractivity contribution in [2.45, 2.75) is 103 Å². The van der Waals surface area contributed by atoms with Crippen LogP contribution in [-0.4, -0.2) is 26.4 Å². The van der Waals surface area contributed by atoms with Crippen LogP contribution in [0.5, 0.6) is 0 Å². The number of allylic oxidation sites excluding steroid dienone is 3. The molecular weight excluding hydrogens is 407 g/mol. The van der Waals surface area contributed by atoms with E-state index in [1.54, 1.807) is 10.4 Å². The Hall–Kier alpha value is -1.10. The van der Waals surface area contributed by atoms with Gasteiger partial charge in [0.2, 0.25) is 0 Å². The van der Waals surface area contributed by atoms with E-state index >= 15 is 0 Å². The fourth-order valence-electron chi connectivity index (χ4n) is 5.92. The third-order valence-corrected chi connectivity index (χ3v) is 12.5. The maximum atomic E-state index is 6.41. The van der Waals surface area contributed by atoms with Crippen LogP contribution < -0.4 is 5.19 Å². The lowest BCUT2D eigenvalue weighted by atomic mass is 9.82. The van der Waals surface area contributed by atoms with Gasteiger partial charge in [-0.05, 0) is 65.2 Å². The maximum absolute atomic E-state index is 6.41. The summed E-state index contributed by atoms with van der Waals surface area (Å²) in [6.45, 7) is 13.7. The number of hydrogen-bond acceptors (Lipinski definition) is 2. The van der Waals surface area contributed by atoms with Gasteiger partial charge in [-0.25, -0.2) is 0 Å². The van der Waals surface area contributed by atoms with E-state index in [9.17, 15) is 0 Å². The van der Waals surface area contributed by atoms with Crippen molar-refractivity contribution in [3.8, 4) is 0 Å². The van der Waals surface area contributed by atoms with Gasteiger partial charge in [0.15, 0.2) is 0 Å². The zero-order valence-electron chi connectivity index (χ0n) is 21.2. The van der Waals surface area contributed by atoms with Crippen molar-refractivity contribution < 1.29 is 9.31 Å². The third-order valence-electron chi connectivity index (χ3n) is 8.76. The second-order valence-corrected chi connectivity index (χ2v) is 16.2. The Morgan fingerprint density at radius 1 is 0.844 bits per heavy atom. The summed E-state index contributed by atoms with van der Waals surface area (Å²) >= 11 is 0. The highest BCUT2D eigenvalue weighted by atomic mass is 28.3. The molecule has 2 aliphatic carbocycles. The minimum atomic E-state index is -1.76. The minimum Gasteiger partial charge on any atom is -0.400 e. The van der Waals surface area contributed by atoms with Gasteiger partial charge in [0.1, 0.15) is 8.07 Å². The van der Waals surface area contributed by atoms with Crippen molar-refractivity contribution in [2.75, 3.05) is 0 Å². The quantitative estimate of drug-likeness (QED) is 0.343. The summed E-state index contributed by atoms with van der Waals surface area (Å²) in [6, 6.07) is 11.3. The van der Waals surface area contributed by atoms with E-state index in [0.29, 0.717) is 5.92 Å². The molecule has 2 nitrogen and oxygen atoms in total. The van der Waals surface area contributed by atoms with E-state index in [0.717, 1.165) is 5.92 Å². The topological polar surface area (TPSA) is 18.5 Å². The molecule has 3 fully saturated rings. The second kappa shape index (κ2) is 9.27. The molecule has 1 saturated heterocycles. The van der Waals surface area contributed by atoms with E-state index in [1.807, 2.05) is 0 Å². The summed E-state index contributed by atoms with van der Waals surface area (Å²) in [5.74, 6) is 3.72. The smallest absolute Gasteiger partial charge is 0.400 e. The van der Waals surface area contributed by atoms with Crippen molar-refractivity contribution >= 4 is 20.4 Å². The van der Waals surface area contributed by atoms with Crippen LogP contribution in [-0.2, 0) is 9.31 Å². The van der Waals surface area contributed by atoms with Crippen molar-refractivity contribution in [1.82, 2.24) is 0 Å². The van der Waals surface area contributed by atoms with Crippen LogP contribution in [0.15, 0.2) is 53.2 Å². The van der Waals surface area contributed by atoms with Crippen LogP contribution in [0.4, 0.5) is 0 Å². The zero-order chi connectivity index (χ0) is 23.0. The van der Waals surface area contributed by atoms with Crippen LogP contribution in [0.2, 0.25) is 13.1 Å². The van der Waals surface area contributed by atoms with E-state index < -0.39 is 8.07 Å². The average Bonchev–Trinajstić information content (AvgIpc) is 3.47. The molecule has 0 unspecified atom stereocenters. The second-order valence-electron chi connectivity index (χ2n) is 11.8. The third kappa shape index (κ3) is 4.88. The lowest BCUT2D eigenvalue weighted by Gasteiger charge is -2.32. The summed E-state index contributed by atoms with van der Waals surface area (Å²) in [7, 11) is -2.01. The lowest BCUT2D eigenvalue weighted by Crippen LogP contribution is -2.45. The van der Waals surface area contributed by atoms with Crippen LogP contribution in [0.1, 0.15) is 79.1 Å². The first-order valence-corrected chi connectivity index (χ1v) is 16.0. The van der Waals surface area contributed by atoms with Crippen LogP contribution in [0.25, 0.3) is 0 Å². The van der Waals surface area contributed by atoms with Crippen molar-refractivity contribution in [3.63, 3.8) is 0 Å². The zero-order valence-corrected chi connectivity index (χ0v) is 22.2. The summed E-state index contributed by atoms with van der Waals surface area (Å²) in [4.78, 5) is 0. The van der Waals surface area contributed by atoms with Crippen LogP contribution in [0.3, 0.4) is 0 Å². The van der Waals surface area contributed by atoms with Crippen LogP contribution >= 0.6 is 0 Å². The fourth-order valence-corrected chi connectivity index (χ4v) is 9.12. The highest BCUT2D eigenvalue weighted by Crippen LogP contribution is 2.41. The molecule has 0 bridgehead atoms. The van der Waals surface area contributed by atoms with E-state index in [4.69, 9.17) is 9.31 Å². The standard InChI is InChI=1S/C28H43BO2Si/c1-27(2)28(3,4)31-29(30-27)21-24(22-14-10-11-15-22)20-26(23-16-12-13-17-23)32(5,6)25-18-8-7-9-19-25/h7-9,18-23H,10-17H2,1-6H3/b24-21+,26-20-. The van der Waals surface area contributed by atoms with Gasteiger partial charge in [0.05, 0.1) is 11.2 Å². The molecule has 2 saturated carbocycles. The van der Waals surface area contributed by atoms with Gasteiger partial charge >= 0.3 is 7.12 Å². The van der Waals surface area contributed by atoms with Gasteiger partial charge in [-0.3, -0.25) is 0 Å². The van der Waals surface area contributed by atoms with Gasteiger partial charge in [-0.15, -0.1) is 0 Å². The minimum absolute atomic E-state index is 0.252. The summed E-state index contributed by atoms with van der Waals surface area (Å²) in [5, 5.41) is 3.30. The summed E-state index contributed by atoms with van der Waals surface area (Å²) in [6.07, 6.45) is 13.4. The largest absolute Gasteiger partial charge is 0.487 e. The monoisotopic (exact) mass is 450 g/mol. The van der Waals surface area contributed by atoms with E-state index in [1.165, 1.54) is 56.9 Å². The number of benzene rings is 1. The molecule has 0 radical (unpaired) electrons. The molecule has 1 aromatic rings. The molecule has 0 amide bonds. The molecule has 3 aliphatic rings. The Balaban J connectivity index is 1.75. The Morgan fingerprint density at radius 3 is 1.88 bits per heavy atom. The van der Waals surface area contributed by atoms with E-state index in [-0.39, 0.29) is 18.3 Å². The molecule has 1 aromatic carbocycles. The Labute approximate surface area is 198 Å². The summed E-state index contributed by atoms with van der Waals surface area (Å²) < 4.78 is 12.8. The molecule has 0 aromatic heterocycles. The predicted octanol–water partition coefficient (Wildman–Crippen LogP) is 7.01. The maximum Gasteiger partial charge on any atom is 0.487 e. The first-order chi connectivity index (χ1) is 15.1. The first kappa shape index (κ1) is 24.0. The van der Waals surface area contributed by atoms with Crippen molar-refractivity contribution in [2.24, 2.45) is 11.8 Å². The molecule has 1 aliphatic heterocycles. The van der Waals surface area contributed by atoms with Gasteiger partial charge in [0, 0.05) is 0 Å². The predicted molar refractivity (Wildman–Crippen MR) is 140 cm³/mol. The molecule has 32 heavy (non-hydrogen) atoms. The average molecular weight is 451 g/mol. The van der Waals surface area contributed by atoms with Crippen molar-refractivity contribution in [1.29, 1.82) is 0 Å². The number of rotatable bonds is 6. The summed E-state index contributed by atoms with van der Waals surface area (Å²) in [5.41, 5.74) is 0.912. The highest BCUT2D eigenvalue weighted by molar-refractivity contribution is 6.95. The molecule has 1 heterocycles. The Morgan fingerprint density at radius 2 is 1.34 bits per heavy atom.